The lowest BCUT2D eigenvalue weighted by molar-refractivity contribution is -0.133. The molecule has 1 saturated heterocycles. The maximum atomic E-state index is 12.6. The number of nitrogens with one attached hydrogen (secondary N) is 1. The Balaban J connectivity index is 1.54. The van der Waals surface area contributed by atoms with E-state index in [1.165, 1.54) is 23.1 Å². The first kappa shape index (κ1) is 20.4. The van der Waals surface area contributed by atoms with Gasteiger partial charge in [-0.25, -0.2) is 17.8 Å². The third-order valence-electron chi connectivity index (χ3n) is 4.75. The lowest BCUT2D eigenvalue weighted by Gasteiger charge is -2.26. The second kappa shape index (κ2) is 8.76. The zero-order valence-corrected chi connectivity index (χ0v) is 16.8. The monoisotopic (exact) mass is 407 g/mol. The fourth-order valence-electron chi connectivity index (χ4n) is 3.32. The molecule has 3 rings (SSSR count). The molecule has 11 heteroatoms. The molecule has 1 aliphatic rings. The van der Waals surface area contributed by atoms with E-state index in [1.54, 1.807) is 31.1 Å². The fraction of sp³-hybridized carbons (Fsp3) is 0.529. The second-order valence-electron chi connectivity index (χ2n) is 6.93. The van der Waals surface area contributed by atoms with Crippen LogP contribution in [-0.4, -0.2) is 84.1 Å². The second-order valence-corrected chi connectivity index (χ2v) is 8.70. The van der Waals surface area contributed by atoms with Crippen LogP contribution in [0.4, 0.5) is 0 Å². The van der Waals surface area contributed by atoms with Crippen LogP contribution in [0.25, 0.3) is 5.69 Å². The summed E-state index contributed by atoms with van der Waals surface area (Å²) in [5.41, 5.74) is 0.565. The Morgan fingerprint density at radius 2 is 2.18 bits per heavy atom. The molecule has 1 atom stereocenters. The molecule has 0 radical (unpaired) electrons. The van der Waals surface area contributed by atoms with E-state index < -0.39 is 10.0 Å². The summed E-state index contributed by atoms with van der Waals surface area (Å²) in [6, 6.07) is 6.32. The van der Waals surface area contributed by atoms with Crippen molar-refractivity contribution in [1.29, 1.82) is 0 Å². The van der Waals surface area contributed by atoms with E-state index in [-0.39, 0.29) is 16.8 Å². The normalized spacial score (nSPS) is 17.7. The first-order valence-electron chi connectivity index (χ1n) is 9.17. The molecule has 0 aliphatic carbocycles. The molecular weight excluding hydrogens is 382 g/mol. The fourth-order valence-corrected chi connectivity index (χ4v) is 4.43. The highest BCUT2D eigenvalue weighted by molar-refractivity contribution is 7.89. The predicted octanol–water partition coefficient (Wildman–Crippen LogP) is -0.117. The van der Waals surface area contributed by atoms with Gasteiger partial charge in [-0.05, 0) is 54.4 Å². The van der Waals surface area contributed by atoms with Crippen molar-refractivity contribution in [3.63, 3.8) is 0 Å². The first-order chi connectivity index (χ1) is 13.4. The Morgan fingerprint density at radius 1 is 1.36 bits per heavy atom. The summed E-state index contributed by atoms with van der Waals surface area (Å²) in [7, 11) is -0.118. The molecule has 0 spiro atoms. The molecule has 1 aliphatic heterocycles. The van der Waals surface area contributed by atoms with Crippen molar-refractivity contribution in [2.75, 3.05) is 33.7 Å². The summed E-state index contributed by atoms with van der Waals surface area (Å²) in [6.45, 7) is 1.85. The summed E-state index contributed by atoms with van der Waals surface area (Å²) >= 11 is 0. The molecule has 152 valence electrons. The van der Waals surface area contributed by atoms with Crippen LogP contribution in [0, 0.1) is 0 Å². The molecule has 28 heavy (non-hydrogen) atoms. The van der Waals surface area contributed by atoms with Crippen molar-refractivity contribution in [3.05, 3.63) is 30.6 Å². The molecule has 1 fully saturated rings. The number of sulfonamides is 1. The van der Waals surface area contributed by atoms with Crippen molar-refractivity contribution in [3.8, 4) is 5.69 Å². The van der Waals surface area contributed by atoms with Gasteiger partial charge in [0, 0.05) is 27.2 Å². The van der Waals surface area contributed by atoms with E-state index in [9.17, 15) is 13.2 Å². The van der Waals surface area contributed by atoms with Gasteiger partial charge < -0.3 is 4.90 Å². The average Bonchev–Trinajstić information content (AvgIpc) is 3.36. The van der Waals surface area contributed by atoms with E-state index in [4.69, 9.17) is 0 Å². The van der Waals surface area contributed by atoms with Crippen LogP contribution in [0.3, 0.4) is 0 Å². The van der Waals surface area contributed by atoms with Gasteiger partial charge >= 0.3 is 0 Å². The molecule has 1 unspecified atom stereocenters. The van der Waals surface area contributed by atoms with Gasteiger partial charge in [0.25, 0.3) is 0 Å². The van der Waals surface area contributed by atoms with Gasteiger partial charge in [-0.2, -0.15) is 0 Å². The minimum Gasteiger partial charge on any atom is -0.347 e. The number of nitrogens with zero attached hydrogens (tertiary/aromatic N) is 6. The number of benzene rings is 1. The predicted molar refractivity (Wildman–Crippen MR) is 102 cm³/mol. The zero-order chi connectivity index (χ0) is 20.1. The number of rotatable bonds is 8. The van der Waals surface area contributed by atoms with Crippen molar-refractivity contribution in [2.24, 2.45) is 0 Å². The summed E-state index contributed by atoms with van der Waals surface area (Å²) < 4.78 is 29.2. The van der Waals surface area contributed by atoms with Crippen LogP contribution < -0.4 is 4.72 Å². The van der Waals surface area contributed by atoms with Gasteiger partial charge in [0.05, 0.1) is 16.6 Å². The van der Waals surface area contributed by atoms with Crippen molar-refractivity contribution < 1.29 is 13.2 Å². The Kier molecular flexibility index (Phi) is 6.37. The van der Waals surface area contributed by atoms with E-state index in [0.717, 1.165) is 19.4 Å². The van der Waals surface area contributed by atoms with Crippen molar-refractivity contribution in [1.82, 2.24) is 34.7 Å². The van der Waals surface area contributed by atoms with Crippen molar-refractivity contribution in [2.45, 2.75) is 30.2 Å². The van der Waals surface area contributed by atoms with Crippen LogP contribution in [0.15, 0.2) is 35.5 Å². The third kappa shape index (κ3) is 4.72. The Morgan fingerprint density at radius 3 is 2.89 bits per heavy atom. The first-order valence-corrected chi connectivity index (χ1v) is 10.6. The van der Waals surface area contributed by atoms with Crippen LogP contribution in [0.5, 0.6) is 0 Å². The van der Waals surface area contributed by atoms with Crippen LogP contribution in [-0.2, 0) is 14.8 Å². The number of hydrogen-bond donors (Lipinski definition) is 1. The van der Waals surface area contributed by atoms with Gasteiger partial charge in [-0.3, -0.25) is 9.69 Å². The highest BCUT2D eigenvalue weighted by Crippen LogP contribution is 2.19. The van der Waals surface area contributed by atoms with Crippen LogP contribution in [0.2, 0.25) is 0 Å². The molecule has 1 amide bonds. The highest BCUT2D eigenvalue weighted by atomic mass is 32.2. The third-order valence-corrected chi connectivity index (χ3v) is 6.20. The Labute approximate surface area is 164 Å². The smallest absolute Gasteiger partial charge is 0.240 e. The Hall–Kier alpha value is -2.37. The SMILES string of the molecule is CN(C)C(=O)C1CCCN1CCCNS(=O)(=O)c1cccc(-n2cnnn2)c1. The van der Waals surface area contributed by atoms with Gasteiger partial charge in [0.1, 0.15) is 6.33 Å². The molecule has 2 aromatic rings. The topological polar surface area (TPSA) is 113 Å². The minimum absolute atomic E-state index is 0.0976. The molecule has 2 heterocycles. The quantitative estimate of drug-likeness (QED) is 0.607. The Bertz CT molecular complexity index is 899. The largest absolute Gasteiger partial charge is 0.347 e. The van der Waals surface area contributed by atoms with Crippen LogP contribution in [0.1, 0.15) is 19.3 Å². The minimum atomic E-state index is -3.64. The number of likely N-dealkylation sites (tertiary alicyclic amines) is 1. The van der Waals surface area contributed by atoms with Gasteiger partial charge in [0.15, 0.2) is 0 Å². The number of amides is 1. The molecule has 1 aromatic carbocycles. The molecular formula is C17H25N7O3S. The average molecular weight is 408 g/mol. The van der Waals surface area contributed by atoms with Crippen molar-refractivity contribution >= 4 is 15.9 Å². The molecule has 0 saturated carbocycles. The molecule has 0 bridgehead atoms. The van der Waals surface area contributed by atoms with E-state index in [1.807, 2.05) is 0 Å². The van der Waals surface area contributed by atoms with Gasteiger partial charge in [-0.15, -0.1) is 5.10 Å². The number of hydrogen-bond acceptors (Lipinski definition) is 7. The van der Waals surface area contributed by atoms with Crippen LogP contribution >= 0.6 is 0 Å². The molecule has 1 aromatic heterocycles. The van der Waals surface area contributed by atoms with E-state index in [2.05, 4.69) is 25.1 Å². The molecule has 10 nitrogen and oxygen atoms in total. The number of carbonyl (C=O) groups excluding carboxylic acids is 1. The summed E-state index contributed by atoms with van der Waals surface area (Å²) in [4.78, 5) is 16.1. The number of tetrazole rings is 1. The maximum Gasteiger partial charge on any atom is 0.240 e. The summed E-state index contributed by atoms with van der Waals surface area (Å²) in [5, 5.41) is 10.9. The van der Waals surface area contributed by atoms with E-state index >= 15 is 0 Å². The standard InChI is InChI=1S/C17H25N7O3S/c1-22(2)17(25)16-8-4-10-23(16)11-5-9-19-28(26,27)15-7-3-6-14(12-15)24-13-18-20-21-24/h3,6-7,12-13,16,19H,4-5,8-11H2,1-2H3. The lowest BCUT2D eigenvalue weighted by Crippen LogP contribution is -2.43. The van der Waals surface area contributed by atoms with Gasteiger partial charge in [0.2, 0.25) is 15.9 Å². The zero-order valence-electron chi connectivity index (χ0n) is 16.0. The van der Waals surface area contributed by atoms with Gasteiger partial charge in [-0.1, -0.05) is 6.07 Å². The number of carbonyl (C=O) groups is 1. The summed E-state index contributed by atoms with van der Waals surface area (Å²) in [5.74, 6) is 0.109. The number of aromatic nitrogens is 4. The highest BCUT2D eigenvalue weighted by Gasteiger charge is 2.31. The maximum absolute atomic E-state index is 12.6. The number of likely N-dealkylation sites (N-methyl/N-ethyl adjacent to an activating group) is 1. The summed E-state index contributed by atoms with van der Waals surface area (Å²) in [6.07, 6.45) is 3.87. The lowest BCUT2D eigenvalue weighted by atomic mass is 10.2. The van der Waals surface area contributed by atoms with E-state index in [0.29, 0.717) is 25.2 Å². The molecule has 1 N–H and O–H groups in total.